The van der Waals surface area contributed by atoms with E-state index >= 15 is 0 Å². The maximum Gasteiger partial charge on any atom is 0.251 e. The Bertz CT molecular complexity index is 451. The molecule has 0 fully saturated rings. The Labute approximate surface area is 123 Å². The molecule has 0 saturated carbocycles. The highest BCUT2D eigenvalue weighted by Crippen LogP contribution is 2.36. The summed E-state index contributed by atoms with van der Waals surface area (Å²) in [5, 5.41) is 11.6. The molecule has 0 atom stereocenters. The SMILES string of the molecule is CCCOc1c(Cl)cc(C(=O)NCCO)cc1OCC. The van der Waals surface area contributed by atoms with Crippen molar-refractivity contribution in [2.45, 2.75) is 20.3 Å². The van der Waals surface area contributed by atoms with Crippen molar-refractivity contribution < 1.29 is 19.4 Å². The standard InChI is InChI=1S/C14H20ClNO4/c1-3-7-20-13-11(15)8-10(9-12(13)19-4-2)14(18)16-5-6-17/h8-9,17H,3-7H2,1-2H3,(H,16,18). The summed E-state index contributed by atoms with van der Waals surface area (Å²) in [7, 11) is 0. The molecule has 0 aliphatic rings. The third kappa shape index (κ3) is 4.58. The van der Waals surface area contributed by atoms with Crippen LogP contribution in [0.3, 0.4) is 0 Å². The van der Waals surface area contributed by atoms with Crippen molar-refractivity contribution in [3.05, 3.63) is 22.7 Å². The molecule has 0 bridgehead atoms. The summed E-state index contributed by atoms with van der Waals surface area (Å²) in [5.41, 5.74) is 0.371. The number of hydrogen-bond donors (Lipinski definition) is 2. The highest BCUT2D eigenvalue weighted by molar-refractivity contribution is 6.32. The lowest BCUT2D eigenvalue weighted by atomic mass is 10.2. The average Bonchev–Trinajstić information content (AvgIpc) is 2.44. The molecule has 5 nitrogen and oxygen atoms in total. The summed E-state index contributed by atoms with van der Waals surface area (Å²) in [6.45, 7) is 4.88. The van der Waals surface area contributed by atoms with Crippen LogP contribution in [-0.2, 0) is 0 Å². The molecule has 1 amide bonds. The molecule has 0 saturated heterocycles. The quantitative estimate of drug-likeness (QED) is 0.773. The lowest BCUT2D eigenvalue weighted by Gasteiger charge is -2.14. The molecule has 20 heavy (non-hydrogen) atoms. The molecule has 0 aromatic heterocycles. The smallest absolute Gasteiger partial charge is 0.251 e. The number of aliphatic hydroxyl groups excluding tert-OH is 1. The van der Waals surface area contributed by atoms with Crippen molar-refractivity contribution >= 4 is 17.5 Å². The third-order valence-corrected chi connectivity index (χ3v) is 2.70. The van der Waals surface area contributed by atoms with Gasteiger partial charge in [-0.1, -0.05) is 18.5 Å². The number of rotatable bonds is 8. The summed E-state index contributed by atoms with van der Waals surface area (Å²) in [4.78, 5) is 11.9. The van der Waals surface area contributed by atoms with Gasteiger partial charge in [0.05, 0.1) is 24.8 Å². The number of ether oxygens (including phenoxy) is 2. The van der Waals surface area contributed by atoms with Crippen LogP contribution in [0.2, 0.25) is 5.02 Å². The third-order valence-electron chi connectivity index (χ3n) is 2.42. The van der Waals surface area contributed by atoms with Crippen LogP contribution in [0.1, 0.15) is 30.6 Å². The van der Waals surface area contributed by atoms with Gasteiger partial charge in [0.1, 0.15) is 0 Å². The van der Waals surface area contributed by atoms with Crippen LogP contribution in [0.4, 0.5) is 0 Å². The zero-order valence-electron chi connectivity index (χ0n) is 11.7. The van der Waals surface area contributed by atoms with Crippen LogP contribution in [0, 0.1) is 0 Å². The summed E-state index contributed by atoms with van der Waals surface area (Å²) in [5.74, 6) is 0.584. The van der Waals surface area contributed by atoms with Gasteiger partial charge in [-0.15, -0.1) is 0 Å². The summed E-state index contributed by atoms with van der Waals surface area (Å²) in [6, 6.07) is 3.12. The summed E-state index contributed by atoms with van der Waals surface area (Å²) in [6.07, 6.45) is 0.848. The van der Waals surface area contributed by atoms with Crippen LogP contribution >= 0.6 is 11.6 Å². The molecule has 1 aromatic carbocycles. The largest absolute Gasteiger partial charge is 0.490 e. The minimum Gasteiger partial charge on any atom is -0.490 e. The van der Waals surface area contributed by atoms with Crippen molar-refractivity contribution in [2.75, 3.05) is 26.4 Å². The number of carbonyl (C=O) groups excluding carboxylic acids is 1. The van der Waals surface area contributed by atoms with Gasteiger partial charge in [-0.25, -0.2) is 0 Å². The summed E-state index contributed by atoms with van der Waals surface area (Å²) < 4.78 is 11.0. The molecule has 6 heteroatoms. The molecule has 1 rings (SSSR count). The normalized spacial score (nSPS) is 10.2. The molecule has 112 valence electrons. The molecule has 2 N–H and O–H groups in total. The van der Waals surface area contributed by atoms with Crippen molar-refractivity contribution in [1.29, 1.82) is 0 Å². The van der Waals surface area contributed by atoms with Crippen LogP contribution < -0.4 is 14.8 Å². The van der Waals surface area contributed by atoms with E-state index in [1.165, 1.54) is 6.07 Å². The minimum absolute atomic E-state index is 0.116. The lowest BCUT2D eigenvalue weighted by molar-refractivity contribution is 0.0944. The van der Waals surface area contributed by atoms with E-state index in [1.54, 1.807) is 6.07 Å². The van der Waals surface area contributed by atoms with Crippen molar-refractivity contribution in [1.82, 2.24) is 5.32 Å². The van der Waals surface area contributed by atoms with Gasteiger partial charge in [0.2, 0.25) is 0 Å². The zero-order valence-corrected chi connectivity index (χ0v) is 12.5. The Balaban J connectivity index is 3.02. The van der Waals surface area contributed by atoms with Crippen LogP contribution in [0.15, 0.2) is 12.1 Å². The monoisotopic (exact) mass is 301 g/mol. The Morgan fingerprint density at radius 3 is 2.70 bits per heavy atom. The van der Waals surface area contributed by atoms with Gasteiger partial charge in [-0.05, 0) is 25.5 Å². The zero-order chi connectivity index (χ0) is 15.0. The van der Waals surface area contributed by atoms with Crippen LogP contribution in [-0.4, -0.2) is 37.4 Å². The molecule has 0 aliphatic carbocycles. The van der Waals surface area contributed by atoms with E-state index in [2.05, 4.69) is 5.32 Å². The Morgan fingerprint density at radius 1 is 1.35 bits per heavy atom. The molecule has 0 radical (unpaired) electrons. The van der Waals surface area contributed by atoms with E-state index in [-0.39, 0.29) is 19.1 Å². The topological polar surface area (TPSA) is 67.8 Å². The number of benzene rings is 1. The highest BCUT2D eigenvalue weighted by Gasteiger charge is 2.16. The maximum absolute atomic E-state index is 11.9. The molecule has 1 aromatic rings. The van der Waals surface area contributed by atoms with E-state index in [0.717, 1.165) is 6.42 Å². The molecule has 0 spiro atoms. The number of nitrogens with one attached hydrogen (secondary N) is 1. The van der Waals surface area contributed by atoms with Crippen molar-refractivity contribution in [2.24, 2.45) is 0 Å². The van der Waals surface area contributed by atoms with Gasteiger partial charge in [-0.3, -0.25) is 4.79 Å². The van der Waals surface area contributed by atoms with Gasteiger partial charge < -0.3 is 19.9 Å². The number of hydrogen-bond acceptors (Lipinski definition) is 4. The molecule has 0 aliphatic heterocycles. The fraction of sp³-hybridized carbons (Fsp3) is 0.500. The lowest BCUT2D eigenvalue weighted by Crippen LogP contribution is -2.26. The van der Waals surface area contributed by atoms with Gasteiger partial charge in [0, 0.05) is 12.1 Å². The first-order valence-electron chi connectivity index (χ1n) is 6.62. The Kier molecular flexibility index (Phi) is 7.18. The number of aliphatic hydroxyl groups is 1. The van der Waals surface area contributed by atoms with E-state index in [9.17, 15) is 4.79 Å². The fourth-order valence-corrected chi connectivity index (χ4v) is 1.84. The predicted molar refractivity (Wildman–Crippen MR) is 77.8 cm³/mol. The maximum atomic E-state index is 11.9. The van der Waals surface area contributed by atoms with Gasteiger partial charge in [0.25, 0.3) is 5.91 Å². The molecular formula is C14H20ClNO4. The first-order valence-corrected chi connectivity index (χ1v) is 7.00. The summed E-state index contributed by atoms with van der Waals surface area (Å²) >= 11 is 6.15. The van der Waals surface area contributed by atoms with E-state index in [4.69, 9.17) is 26.2 Å². The number of carbonyl (C=O) groups is 1. The second kappa shape index (κ2) is 8.66. The number of halogens is 1. The van der Waals surface area contributed by atoms with Gasteiger partial charge in [0.15, 0.2) is 11.5 Å². The van der Waals surface area contributed by atoms with E-state index < -0.39 is 0 Å². The predicted octanol–water partition coefficient (Wildman–Crippen LogP) is 2.25. The van der Waals surface area contributed by atoms with E-state index in [0.29, 0.717) is 35.3 Å². The second-order valence-corrected chi connectivity index (χ2v) is 4.45. The molecular weight excluding hydrogens is 282 g/mol. The average molecular weight is 302 g/mol. The number of amides is 1. The van der Waals surface area contributed by atoms with Gasteiger partial charge >= 0.3 is 0 Å². The first-order chi connectivity index (χ1) is 9.63. The molecule has 0 heterocycles. The Hall–Kier alpha value is -1.46. The minimum atomic E-state index is -0.316. The Morgan fingerprint density at radius 2 is 2.10 bits per heavy atom. The highest BCUT2D eigenvalue weighted by atomic mass is 35.5. The van der Waals surface area contributed by atoms with Crippen LogP contribution in [0.25, 0.3) is 0 Å². The van der Waals surface area contributed by atoms with Crippen molar-refractivity contribution in [3.63, 3.8) is 0 Å². The van der Waals surface area contributed by atoms with Crippen molar-refractivity contribution in [3.8, 4) is 11.5 Å². The van der Waals surface area contributed by atoms with Gasteiger partial charge in [-0.2, -0.15) is 0 Å². The van der Waals surface area contributed by atoms with Crippen LogP contribution in [0.5, 0.6) is 11.5 Å². The first kappa shape index (κ1) is 16.6. The second-order valence-electron chi connectivity index (χ2n) is 4.05. The van der Waals surface area contributed by atoms with E-state index in [1.807, 2.05) is 13.8 Å². The molecule has 0 unspecified atom stereocenters. The fourth-order valence-electron chi connectivity index (χ4n) is 1.58.